The van der Waals surface area contributed by atoms with Crippen LogP contribution in [-0.4, -0.2) is 4.98 Å². The lowest BCUT2D eigenvalue weighted by Gasteiger charge is -2.12. The van der Waals surface area contributed by atoms with Crippen molar-refractivity contribution in [1.82, 2.24) is 4.98 Å². The van der Waals surface area contributed by atoms with Crippen molar-refractivity contribution in [2.24, 2.45) is 5.73 Å². The minimum atomic E-state index is 0.0537. The van der Waals surface area contributed by atoms with Crippen LogP contribution in [0.25, 0.3) is 0 Å². The summed E-state index contributed by atoms with van der Waals surface area (Å²) in [5.41, 5.74) is 13.3. The monoisotopic (exact) mass is 165 g/mol. The maximum absolute atomic E-state index is 5.90. The van der Waals surface area contributed by atoms with Crippen LogP contribution in [0.4, 0.5) is 5.69 Å². The van der Waals surface area contributed by atoms with Crippen LogP contribution < -0.4 is 11.5 Å². The molecule has 1 rings (SSSR count). The molecule has 0 unspecified atom stereocenters. The Morgan fingerprint density at radius 3 is 2.92 bits per heavy atom. The molecule has 0 saturated heterocycles. The highest BCUT2D eigenvalue weighted by atomic mass is 14.7. The highest BCUT2D eigenvalue weighted by molar-refractivity contribution is 5.45. The van der Waals surface area contributed by atoms with E-state index >= 15 is 0 Å². The third-order valence-corrected chi connectivity index (χ3v) is 1.89. The lowest BCUT2D eigenvalue weighted by Crippen LogP contribution is -2.12. The number of nitrogen functional groups attached to an aromatic ring is 1. The third-order valence-electron chi connectivity index (χ3n) is 1.89. The van der Waals surface area contributed by atoms with Crippen LogP contribution in [0.3, 0.4) is 0 Å². The average Bonchev–Trinajstić information content (AvgIpc) is 2.05. The molecule has 0 spiro atoms. The number of rotatable bonds is 3. The van der Waals surface area contributed by atoms with Gasteiger partial charge >= 0.3 is 0 Å². The quantitative estimate of drug-likeness (QED) is 0.712. The molecule has 0 aromatic carbocycles. The predicted octanol–water partition coefficient (Wildman–Crippen LogP) is 1.46. The molecule has 4 N–H and O–H groups in total. The van der Waals surface area contributed by atoms with Gasteiger partial charge in [0.15, 0.2) is 0 Å². The fourth-order valence-corrected chi connectivity index (χ4v) is 1.22. The summed E-state index contributed by atoms with van der Waals surface area (Å²) in [6.45, 7) is 2.11. The van der Waals surface area contributed by atoms with E-state index in [2.05, 4.69) is 11.9 Å². The van der Waals surface area contributed by atoms with Crippen molar-refractivity contribution in [3.05, 3.63) is 24.0 Å². The van der Waals surface area contributed by atoms with Crippen LogP contribution in [-0.2, 0) is 0 Å². The van der Waals surface area contributed by atoms with E-state index in [0.717, 1.165) is 18.4 Å². The molecule has 0 fully saturated rings. The average molecular weight is 165 g/mol. The number of hydrogen-bond donors (Lipinski definition) is 2. The van der Waals surface area contributed by atoms with E-state index in [1.54, 1.807) is 12.4 Å². The third kappa shape index (κ3) is 1.95. The van der Waals surface area contributed by atoms with E-state index in [1.165, 1.54) is 0 Å². The molecule has 0 aliphatic carbocycles. The van der Waals surface area contributed by atoms with Crippen molar-refractivity contribution in [2.45, 2.75) is 25.8 Å². The van der Waals surface area contributed by atoms with Gasteiger partial charge < -0.3 is 11.5 Å². The fraction of sp³-hybridized carbons (Fsp3) is 0.444. The second-order valence-corrected chi connectivity index (χ2v) is 2.90. The van der Waals surface area contributed by atoms with Gasteiger partial charge in [-0.25, -0.2) is 0 Å². The molecule has 1 aromatic heterocycles. The molecule has 0 radical (unpaired) electrons. The van der Waals surface area contributed by atoms with Gasteiger partial charge in [0.1, 0.15) is 0 Å². The van der Waals surface area contributed by atoms with Crippen molar-refractivity contribution in [2.75, 3.05) is 5.73 Å². The van der Waals surface area contributed by atoms with Crippen LogP contribution >= 0.6 is 0 Å². The van der Waals surface area contributed by atoms with E-state index in [-0.39, 0.29) is 6.04 Å². The normalized spacial score (nSPS) is 12.8. The van der Waals surface area contributed by atoms with Crippen molar-refractivity contribution < 1.29 is 0 Å². The number of pyridine rings is 1. The molecule has 0 saturated carbocycles. The molecule has 0 aliphatic rings. The summed E-state index contributed by atoms with van der Waals surface area (Å²) in [7, 11) is 0. The predicted molar refractivity (Wildman–Crippen MR) is 50.5 cm³/mol. The van der Waals surface area contributed by atoms with Gasteiger partial charge in [0, 0.05) is 12.2 Å². The number of nitrogens with zero attached hydrogens (tertiary/aromatic N) is 1. The number of anilines is 1. The summed E-state index contributed by atoms with van der Waals surface area (Å²) >= 11 is 0. The first-order chi connectivity index (χ1) is 5.75. The Balaban J connectivity index is 2.79. The Hall–Kier alpha value is -1.09. The van der Waals surface area contributed by atoms with Crippen LogP contribution in [0.5, 0.6) is 0 Å². The molecular weight excluding hydrogens is 150 g/mol. The van der Waals surface area contributed by atoms with Crippen LogP contribution in [0.15, 0.2) is 18.5 Å². The molecule has 0 amide bonds. The zero-order valence-corrected chi connectivity index (χ0v) is 7.33. The minimum Gasteiger partial charge on any atom is -0.397 e. The maximum atomic E-state index is 5.90. The van der Waals surface area contributed by atoms with E-state index in [0.29, 0.717) is 5.69 Å². The number of aromatic nitrogens is 1. The van der Waals surface area contributed by atoms with Gasteiger partial charge in [0.2, 0.25) is 0 Å². The van der Waals surface area contributed by atoms with Crippen molar-refractivity contribution >= 4 is 5.69 Å². The highest BCUT2D eigenvalue weighted by Crippen LogP contribution is 2.20. The zero-order chi connectivity index (χ0) is 8.97. The number of nitrogens with two attached hydrogens (primary N) is 2. The second kappa shape index (κ2) is 4.07. The summed E-state index contributed by atoms with van der Waals surface area (Å²) < 4.78 is 0. The van der Waals surface area contributed by atoms with E-state index in [1.807, 2.05) is 6.07 Å². The van der Waals surface area contributed by atoms with E-state index < -0.39 is 0 Å². The summed E-state index contributed by atoms with van der Waals surface area (Å²) in [4.78, 5) is 3.91. The van der Waals surface area contributed by atoms with Gasteiger partial charge in [-0.05, 0) is 18.1 Å². The molecule has 3 heteroatoms. The SMILES string of the molecule is CCC[C@H](N)c1ccncc1N. The first-order valence-electron chi connectivity index (χ1n) is 4.20. The Morgan fingerprint density at radius 2 is 2.33 bits per heavy atom. The molecule has 1 atom stereocenters. The largest absolute Gasteiger partial charge is 0.397 e. The van der Waals surface area contributed by atoms with Crippen LogP contribution in [0.1, 0.15) is 31.4 Å². The molecule has 12 heavy (non-hydrogen) atoms. The summed E-state index contributed by atoms with van der Waals surface area (Å²) in [6, 6.07) is 1.94. The Morgan fingerprint density at radius 1 is 1.58 bits per heavy atom. The highest BCUT2D eigenvalue weighted by Gasteiger charge is 2.06. The molecule has 3 nitrogen and oxygen atoms in total. The van der Waals surface area contributed by atoms with Crippen molar-refractivity contribution in [3.63, 3.8) is 0 Å². The van der Waals surface area contributed by atoms with Crippen LogP contribution in [0.2, 0.25) is 0 Å². The Bertz CT molecular complexity index is 247. The standard InChI is InChI=1S/C9H15N3/c1-2-3-8(10)7-4-5-12-6-9(7)11/h4-6,8H,2-3,10-11H2,1H3/t8-/m0/s1. The molecular formula is C9H15N3. The van der Waals surface area contributed by atoms with Crippen LogP contribution in [0, 0.1) is 0 Å². The van der Waals surface area contributed by atoms with Gasteiger partial charge in [-0.1, -0.05) is 13.3 Å². The molecule has 1 aromatic rings. The molecule has 0 aliphatic heterocycles. The fourth-order valence-electron chi connectivity index (χ4n) is 1.22. The van der Waals surface area contributed by atoms with Crippen molar-refractivity contribution in [1.29, 1.82) is 0 Å². The topological polar surface area (TPSA) is 64.9 Å². The molecule has 1 heterocycles. The minimum absolute atomic E-state index is 0.0537. The van der Waals surface area contributed by atoms with Gasteiger partial charge in [-0.3, -0.25) is 4.98 Å². The maximum Gasteiger partial charge on any atom is 0.0549 e. The van der Waals surface area contributed by atoms with Gasteiger partial charge in [0.05, 0.1) is 11.9 Å². The Labute approximate surface area is 72.8 Å². The van der Waals surface area contributed by atoms with Gasteiger partial charge in [-0.15, -0.1) is 0 Å². The van der Waals surface area contributed by atoms with Gasteiger partial charge in [0.25, 0.3) is 0 Å². The smallest absolute Gasteiger partial charge is 0.0549 e. The summed E-state index contributed by atoms with van der Waals surface area (Å²) in [5.74, 6) is 0. The zero-order valence-electron chi connectivity index (χ0n) is 7.33. The van der Waals surface area contributed by atoms with E-state index in [9.17, 15) is 0 Å². The van der Waals surface area contributed by atoms with Crippen molar-refractivity contribution in [3.8, 4) is 0 Å². The number of hydrogen-bond acceptors (Lipinski definition) is 3. The Kier molecular flexibility index (Phi) is 3.05. The van der Waals surface area contributed by atoms with Gasteiger partial charge in [-0.2, -0.15) is 0 Å². The van der Waals surface area contributed by atoms with E-state index in [4.69, 9.17) is 11.5 Å². The lowest BCUT2D eigenvalue weighted by atomic mass is 10.0. The first kappa shape index (κ1) is 9.00. The summed E-state index contributed by atoms with van der Waals surface area (Å²) in [5, 5.41) is 0. The lowest BCUT2D eigenvalue weighted by molar-refractivity contribution is 0.639. The molecule has 0 bridgehead atoms. The second-order valence-electron chi connectivity index (χ2n) is 2.90. The first-order valence-corrected chi connectivity index (χ1v) is 4.20. The molecule has 66 valence electrons. The summed E-state index contributed by atoms with van der Waals surface area (Å²) in [6.07, 6.45) is 5.41.